The van der Waals surface area contributed by atoms with E-state index < -0.39 is 0 Å². The van der Waals surface area contributed by atoms with Crippen LogP contribution in [0.1, 0.15) is 318 Å². The van der Waals surface area contributed by atoms with Gasteiger partial charge in [-0.05, 0) is 123 Å². The zero-order chi connectivity index (χ0) is 46.4. The van der Waals surface area contributed by atoms with Crippen LogP contribution in [0.5, 0.6) is 0 Å². The molecule has 2 nitrogen and oxygen atoms in total. The molecule has 2 heteroatoms. The van der Waals surface area contributed by atoms with E-state index in [1.165, 1.54) is 250 Å². The van der Waals surface area contributed by atoms with Gasteiger partial charge < -0.3 is 4.74 Å². The van der Waals surface area contributed by atoms with Gasteiger partial charge in [0.15, 0.2) is 0 Å². The van der Waals surface area contributed by atoms with Crippen molar-refractivity contribution in [3.05, 3.63) is 23.8 Å². The quantitative estimate of drug-likeness (QED) is 0.0349. The number of unbranched alkanes of at least 4 members (excludes halogenated alkanes) is 29. The van der Waals surface area contributed by atoms with Crippen molar-refractivity contribution in [2.45, 2.75) is 324 Å². The molecule has 3 saturated carbocycles. The van der Waals surface area contributed by atoms with E-state index in [-0.39, 0.29) is 12.1 Å². The van der Waals surface area contributed by atoms with Gasteiger partial charge in [0, 0.05) is 12.8 Å². The molecule has 8 atom stereocenters. The Morgan fingerprint density at radius 3 is 1.58 bits per heavy atom. The molecule has 0 aliphatic heterocycles. The first-order valence-electron chi connectivity index (χ1n) is 30.2. The number of hydrogen-bond acceptors (Lipinski definition) is 2. The van der Waals surface area contributed by atoms with Crippen LogP contribution in [0.3, 0.4) is 0 Å². The van der Waals surface area contributed by atoms with Crippen LogP contribution in [-0.2, 0) is 9.53 Å². The van der Waals surface area contributed by atoms with Crippen molar-refractivity contribution in [3.63, 3.8) is 0 Å². The number of ether oxygens (including phenoxy) is 1. The zero-order valence-corrected chi connectivity index (χ0v) is 45.0. The standard InChI is InChI=1S/C63H114O2/c1-7-8-9-10-11-12-13-14-15-16-17-18-19-20-21-22-23-24-25-26-27-28-29-30-31-32-33-34-35-36-37-38-39-43-61(64)65-56-48-50-62(5)55(52-56)44-45-57-59-47-46-58(54(4)42-40-41-53(2)3)63(59,6)51-49-60(57)62/h16-17,44,53-54,56-60H,7-15,18-43,45-52H2,1-6H3/b17-16-. The van der Waals surface area contributed by atoms with E-state index >= 15 is 0 Å². The Morgan fingerprint density at radius 1 is 0.585 bits per heavy atom. The van der Waals surface area contributed by atoms with Crippen molar-refractivity contribution >= 4 is 5.97 Å². The van der Waals surface area contributed by atoms with Gasteiger partial charge in [0.05, 0.1) is 0 Å². The van der Waals surface area contributed by atoms with Gasteiger partial charge in [0.1, 0.15) is 6.10 Å². The summed E-state index contributed by atoms with van der Waals surface area (Å²) < 4.78 is 6.18. The van der Waals surface area contributed by atoms with Gasteiger partial charge in [0.2, 0.25) is 0 Å². The van der Waals surface area contributed by atoms with Crippen molar-refractivity contribution in [2.24, 2.45) is 46.3 Å². The molecule has 378 valence electrons. The summed E-state index contributed by atoms with van der Waals surface area (Å²) in [6.45, 7) is 15.0. The highest BCUT2D eigenvalue weighted by Crippen LogP contribution is 2.67. The molecule has 4 aliphatic rings. The number of carbonyl (C=O) groups is 1. The monoisotopic (exact) mass is 903 g/mol. The van der Waals surface area contributed by atoms with E-state index in [9.17, 15) is 4.79 Å². The topological polar surface area (TPSA) is 26.3 Å². The first kappa shape index (κ1) is 56.5. The number of allylic oxidation sites excluding steroid dienone is 3. The summed E-state index contributed by atoms with van der Waals surface area (Å²) in [7, 11) is 0. The molecule has 0 bridgehead atoms. The van der Waals surface area contributed by atoms with Crippen LogP contribution in [0.25, 0.3) is 0 Å². The summed E-state index contributed by atoms with van der Waals surface area (Å²) in [5.41, 5.74) is 2.53. The van der Waals surface area contributed by atoms with Crippen LogP contribution >= 0.6 is 0 Å². The second-order valence-corrected chi connectivity index (χ2v) is 24.3. The lowest BCUT2D eigenvalue weighted by molar-refractivity contribution is -0.151. The van der Waals surface area contributed by atoms with E-state index in [2.05, 4.69) is 59.8 Å². The summed E-state index contributed by atoms with van der Waals surface area (Å²) in [5.74, 6) is 5.33. The van der Waals surface area contributed by atoms with Gasteiger partial charge in [-0.1, -0.05) is 252 Å². The number of rotatable bonds is 39. The number of esters is 1. The Labute approximate surface area is 407 Å². The summed E-state index contributed by atoms with van der Waals surface area (Å²) in [5, 5.41) is 0. The molecule has 4 aliphatic carbocycles. The molecule has 8 unspecified atom stereocenters. The second kappa shape index (κ2) is 33.5. The van der Waals surface area contributed by atoms with Crippen molar-refractivity contribution < 1.29 is 9.53 Å². The van der Waals surface area contributed by atoms with Crippen LogP contribution in [0.2, 0.25) is 0 Å². The highest BCUT2D eigenvalue weighted by Gasteiger charge is 2.59. The second-order valence-electron chi connectivity index (χ2n) is 24.3. The minimum atomic E-state index is 0.0694. The number of carbonyl (C=O) groups excluding carboxylic acids is 1. The van der Waals surface area contributed by atoms with Gasteiger partial charge in [-0.3, -0.25) is 4.79 Å². The van der Waals surface area contributed by atoms with Gasteiger partial charge in [0.25, 0.3) is 0 Å². The fraction of sp³-hybridized carbons (Fsp3) is 0.921. The van der Waals surface area contributed by atoms with Crippen molar-refractivity contribution in [2.75, 3.05) is 0 Å². The SMILES string of the molecule is CCCCCCCCCC/C=C\CCCCCCCCCCCCCCCCCCCCCCCC(=O)OC1CCC2(C)C(=CCC3C2CCC2(C)C(C(C)CCCC(C)C)CCC32)C1. The molecule has 0 radical (unpaired) electrons. The fourth-order valence-corrected chi connectivity index (χ4v) is 14.5. The van der Waals surface area contributed by atoms with Gasteiger partial charge in [-0.25, -0.2) is 0 Å². The lowest BCUT2D eigenvalue weighted by Crippen LogP contribution is -2.51. The molecular formula is C63H114O2. The van der Waals surface area contributed by atoms with E-state index in [0.717, 1.165) is 54.8 Å². The maximum atomic E-state index is 13.0. The van der Waals surface area contributed by atoms with E-state index in [1.54, 1.807) is 5.57 Å². The first-order chi connectivity index (χ1) is 31.7. The summed E-state index contributed by atoms with van der Waals surface area (Å²) in [6.07, 6.45) is 66.2. The van der Waals surface area contributed by atoms with Gasteiger partial charge in [-0.15, -0.1) is 0 Å². The van der Waals surface area contributed by atoms with Crippen molar-refractivity contribution in [3.8, 4) is 0 Å². The lowest BCUT2D eigenvalue weighted by atomic mass is 9.47. The highest BCUT2D eigenvalue weighted by molar-refractivity contribution is 5.69. The Morgan fingerprint density at radius 2 is 1.08 bits per heavy atom. The minimum Gasteiger partial charge on any atom is -0.462 e. The predicted molar refractivity (Wildman–Crippen MR) is 285 cm³/mol. The normalized spacial score (nSPS) is 26.9. The maximum Gasteiger partial charge on any atom is 0.306 e. The molecule has 0 spiro atoms. The Bertz CT molecular complexity index is 1260. The molecule has 0 heterocycles. The molecule has 65 heavy (non-hydrogen) atoms. The highest BCUT2D eigenvalue weighted by atomic mass is 16.5. The summed E-state index contributed by atoms with van der Waals surface area (Å²) in [4.78, 5) is 13.0. The van der Waals surface area contributed by atoms with E-state index in [1.807, 2.05) is 0 Å². The van der Waals surface area contributed by atoms with Gasteiger partial charge >= 0.3 is 5.97 Å². The van der Waals surface area contributed by atoms with Crippen LogP contribution in [0.4, 0.5) is 0 Å². The third-order valence-corrected chi connectivity index (χ3v) is 18.7. The minimum absolute atomic E-state index is 0.0694. The Kier molecular flexibility index (Phi) is 29.1. The first-order valence-corrected chi connectivity index (χ1v) is 30.2. The van der Waals surface area contributed by atoms with Crippen molar-refractivity contribution in [1.82, 2.24) is 0 Å². The van der Waals surface area contributed by atoms with Crippen LogP contribution in [-0.4, -0.2) is 12.1 Å². The molecule has 0 aromatic rings. The smallest absolute Gasteiger partial charge is 0.306 e. The Hall–Kier alpha value is -1.05. The molecule has 0 N–H and O–H groups in total. The molecular weight excluding hydrogens is 789 g/mol. The third kappa shape index (κ3) is 20.8. The molecule has 4 rings (SSSR count). The zero-order valence-electron chi connectivity index (χ0n) is 45.0. The molecule has 0 amide bonds. The van der Waals surface area contributed by atoms with Crippen LogP contribution in [0.15, 0.2) is 23.8 Å². The maximum absolute atomic E-state index is 13.0. The fourth-order valence-electron chi connectivity index (χ4n) is 14.5. The molecule has 0 aromatic carbocycles. The van der Waals surface area contributed by atoms with Crippen LogP contribution in [0, 0.1) is 46.3 Å². The summed E-state index contributed by atoms with van der Waals surface area (Å²) in [6, 6.07) is 0. The van der Waals surface area contributed by atoms with E-state index in [4.69, 9.17) is 4.74 Å². The average Bonchev–Trinajstić information content (AvgIpc) is 3.65. The lowest BCUT2D eigenvalue weighted by Gasteiger charge is -2.58. The molecule has 0 aromatic heterocycles. The van der Waals surface area contributed by atoms with Crippen molar-refractivity contribution in [1.29, 1.82) is 0 Å². The predicted octanol–water partition coefficient (Wildman–Crippen LogP) is 21.0. The average molecular weight is 904 g/mol. The molecule has 0 saturated heterocycles. The van der Waals surface area contributed by atoms with E-state index in [0.29, 0.717) is 17.3 Å². The molecule has 3 fully saturated rings. The third-order valence-electron chi connectivity index (χ3n) is 18.7. The largest absolute Gasteiger partial charge is 0.462 e. The number of fused-ring (bicyclic) bond motifs is 5. The Balaban J connectivity index is 0.885. The van der Waals surface area contributed by atoms with Gasteiger partial charge in [-0.2, -0.15) is 0 Å². The number of hydrogen-bond donors (Lipinski definition) is 0. The van der Waals surface area contributed by atoms with Crippen LogP contribution < -0.4 is 0 Å². The summed E-state index contributed by atoms with van der Waals surface area (Å²) >= 11 is 0.